The number of hydrogen-bond donors (Lipinski definition) is 3. The largest absolute Gasteiger partial charge is 0.394 e. The van der Waals surface area contributed by atoms with Crippen molar-refractivity contribution >= 4 is 28.8 Å². The molecule has 11 nitrogen and oxygen atoms in total. The fourth-order valence-corrected chi connectivity index (χ4v) is 7.18. The molecule has 3 aliphatic rings. The molecule has 0 saturated carbocycles. The molecule has 3 N–H and O–H groups in total. The summed E-state index contributed by atoms with van der Waals surface area (Å²) >= 11 is 0. The van der Waals surface area contributed by atoms with Crippen molar-refractivity contribution in [1.29, 1.82) is 0 Å². The Labute approximate surface area is 225 Å². The van der Waals surface area contributed by atoms with Crippen molar-refractivity contribution in [3.05, 3.63) is 60.2 Å². The quantitative estimate of drug-likeness (QED) is 0.413. The highest BCUT2D eigenvalue weighted by Crippen LogP contribution is 2.65. The third-order valence-electron chi connectivity index (χ3n) is 9.05. The standard InChI is InChI=1S/C28H32N6O5/c1-16-13-28-22(21(24(36)29-3)27(16,2)39-28)26(38)34(20(14-35)17-9-5-4-6-10-17)23(28)25(37)30-15-33-19-12-8-7-11-18(19)31-32-33/h4-12,16,20-23,35H,13-15H2,1-3H3,(H,29,36)(H,30,37)/t16?,20-,21+,22+,23?,27-,28?/m1/s1. The summed E-state index contributed by atoms with van der Waals surface area (Å²) in [5, 5.41) is 24.5. The number of carbonyl (C=O) groups excluding carboxylic acids is 3. The van der Waals surface area contributed by atoms with Crippen LogP contribution in [0.25, 0.3) is 11.0 Å². The summed E-state index contributed by atoms with van der Waals surface area (Å²) in [7, 11) is 1.54. The van der Waals surface area contributed by atoms with Gasteiger partial charge in [0.25, 0.3) is 0 Å². The van der Waals surface area contributed by atoms with Gasteiger partial charge in [-0.15, -0.1) is 5.10 Å². The van der Waals surface area contributed by atoms with Crippen LogP contribution in [0.2, 0.25) is 0 Å². The molecule has 3 amide bonds. The summed E-state index contributed by atoms with van der Waals surface area (Å²) in [6, 6.07) is 14.7. The van der Waals surface area contributed by atoms with Crippen molar-refractivity contribution in [3.63, 3.8) is 0 Å². The number of para-hydroxylation sites is 1. The zero-order chi connectivity index (χ0) is 27.5. The maximum Gasteiger partial charge on any atom is 0.247 e. The van der Waals surface area contributed by atoms with E-state index in [1.165, 1.54) is 4.90 Å². The van der Waals surface area contributed by atoms with E-state index in [0.29, 0.717) is 17.5 Å². The molecule has 1 aromatic heterocycles. The molecule has 1 spiro atoms. The Balaban J connectivity index is 1.42. The number of amides is 3. The molecule has 3 aromatic rings. The summed E-state index contributed by atoms with van der Waals surface area (Å²) in [6.07, 6.45) is 0.432. The van der Waals surface area contributed by atoms with Crippen LogP contribution in [0.15, 0.2) is 54.6 Å². The molecule has 3 saturated heterocycles. The molecule has 3 fully saturated rings. The van der Waals surface area contributed by atoms with Gasteiger partial charge in [0.1, 0.15) is 23.8 Å². The van der Waals surface area contributed by atoms with Gasteiger partial charge in [-0.2, -0.15) is 0 Å². The van der Waals surface area contributed by atoms with Gasteiger partial charge in [0.05, 0.1) is 35.6 Å². The highest BCUT2D eigenvalue weighted by Gasteiger charge is 2.80. The number of aliphatic hydroxyl groups excluding tert-OH is 1. The van der Waals surface area contributed by atoms with Crippen molar-refractivity contribution in [1.82, 2.24) is 30.5 Å². The molecule has 4 heterocycles. The van der Waals surface area contributed by atoms with Crippen LogP contribution in [0.5, 0.6) is 0 Å². The van der Waals surface area contributed by atoms with E-state index in [1.54, 1.807) is 11.7 Å². The molecule has 6 rings (SSSR count). The zero-order valence-corrected chi connectivity index (χ0v) is 22.1. The molecular formula is C28H32N6O5. The number of aliphatic hydroxyl groups is 1. The van der Waals surface area contributed by atoms with Crippen molar-refractivity contribution in [3.8, 4) is 0 Å². The van der Waals surface area contributed by atoms with Gasteiger partial charge >= 0.3 is 0 Å². The minimum atomic E-state index is -1.22. The Bertz CT molecular complexity index is 1440. The van der Waals surface area contributed by atoms with Crippen LogP contribution in [0, 0.1) is 17.8 Å². The normalized spacial score (nSPS) is 31.9. The van der Waals surface area contributed by atoms with E-state index in [0.717, 1.165) is 5.52 Å². The number of fused-ring (bicyclic) bond motifs is 2. The predicted molar refractivity (Wildman–Crippen MR) is 140 cm³/mol. The second-order valence-electron chi connectivity index (χ2n) is 10.9. The number of hydrogen-bond acceptors (Lipinski definition) is 7. The first-order valence-corrected chi connectivity index (χ1v) is 13.2. The molecule has 3 aliphatic heterocycles. The van der Waals surface area contributed by atoms with Gasteiger partial charge < -0.3 is 25.4 Å². The van der Waals surface area contributed by atoms with E-state index in [4.69, 9.17) is 4.74 Å². The smallest absolute Gasteiger partial charge is 0.247 e. The topological polar surface area (TPSA) is 139 Å². The molecule has 11 heteroatoms. The van der Waals surface area contributed by atoms with E-state index in [9.17, 15) is 19.5 Å². The number of carbonyl (C=O) groups is 3. The second kappa shape index (κ2) is 9.13. The number of benzene rings is 2. The fraction of sp³-hybridized carbons (Fsp3) is 0.464. The molecule has 2 bridgehead atoms. The molecule has 204 valence electrons. The number of aromatic nitrogens is 3. The van der Waals surface area contributed by atoms with Crippen LogP contribution in [0.4, 0.5) is 0 Å². The van der Waals surface area contributed by atoms with Crippen LogP contribution < -0.4 is 10.6 Å². The van der Waals surface area contributed by atoms with Crippen molar-refractivity contribution in [2.45, 2.75) is 50.2 Å². The Morgan fingerprint density at radius 3 is 2.59 bits per heavy atom. The summed E-state index contributed by atoms with van der Waals surface area (Å²) in [6.45, 7) is 3.48. The van der Waals surface area contributed by atoms with Crippen molar-refractivity contribution in [2.75, 3.05) is 13.7 Å². The van der Waals surface area contributed by atoms with E-state index >= 15 is 0 Å². The average molecular weight is 533 g/mol. The van der Waals surface area contributed by atoms with Crippen molar-refractivity contribution < 1.29 is 24.2 Å². The predicted octanol–water partition coefficient (Wildman–Crippen LogP) is 0.995. The minimum absolute atomic E-state index is 0.0272. The Morgan fingerprint density at radius 1 is 1.15 bits per heavy atom. The van der Waals surface area contributed by atoms with Gasteiger partial charge in [-0.1, -0.05) is 54.6 Å². The van der Waals surface area contributed by atoms with Gasteiger partial charge in [0.15, 0.2) is 0 Å². The van der Waals surface area contributed by atoms with Crippen LogP contribution in [-0.4, -0.2) is 73.6 Å². The number of nitrogens with zero attached hydrogens (tertiary/aromatic N) is 4. The first kappa shape index (κ1) is 25.4. The van der Waals surface area contributed by atoms with Crippen LogP contribution in [0.1, 0.15) is 31.9 Å². The first-order chi connectivity index (χ1) is 18.8. The van der Waals surface area contributed by atoms with Gasteiger partial charge in [0, 0.05) is 7.05 Å². The molecule has 0 radical (unpaired) electrons. The van der Waals surface area contributed by atoms with E-state index in [2.05, 4.69) is 20.9 Å². The Hall–Kier alpha value is -3.83. The average Bonchev–Trinajstić information content (AvgIpc) is 3.62. The number of nitrogens with one attached hydrogen (secondary N) is 2. The lowest BCUT2D eigenvalue weighted by Crippen LogP contribution is -2.56. The monoisotopic (exact) mass is 532 g/mol. The lowest BCUT2D eigenvalue weighted by molar-refractivity contribution is -0.151. The summed E-state index contributed by atoms with van der Waals surface area (Å²) in [5.41, 5.74) is 0.00778. The molecule has 2 aromatic carbocycles. The molecule has 39 heavy (non-hydrogen) atoms. The van der Waals surface area contributed by atoms with Gasteiger partial charge in [-0.05, 0) is 37.0 Å². The summed E-state index contributed by atoms with van der Waals surface area (Å²) in [5.74, 6) is -2.81. The number of likely N-dealkylation sites (tertiary alicyclic amines) is 1. The van der Waals surface area contributed by atoms with E-state index in [1.807, 2.05) is 68.4 Å². The third-order valence-corrected chi connectivity index (χ3v) is 9.05. The van der Waals surface area contributed by atoms with Crippen molar-refractivity contribution in [2.24, 2.45) is 17.8 Å². The summed E-state index contributed by atoms with van der Waals surface area (Å²) in [4.78, 5) is 43.1. The van der Waals surface area contributed by atoms with Crippen LogP contribution in [-0.2, 0) is 25.8 Å². The number of ether oxygens (including phenoxy) is 1. The second-order valence-corrected chi connectivity index (χ2v) is 10.9. The highest BCUT2D eigenvalue weighted by atomic mass is 16.5. The molecular weight excluding hydrogens is 500 g/mol. The zero-order valence-electron chi connectivity index (χ0n) is 22.1. The van der Waals surface area contributed by atoms with E-state index < -0.39 is 47.6 Å². The lowest BCUT2D eigenvalue weighted by Gasteiger charge is -2.37. The Kier molecular flexibility index (Phi) is 5.96. The molecule has 3 unspecified atom stereocenters. The summed E-state index contributed by atoms with van der Waals surface area (Å²) < 4.78 is 8.27. The lowest BCUT2D eigenvalue weighted by atomic mass is 9.62. The van der Waals surface area contributed by atoms with Crippen LogP contribution in [0.3, 0.4) is 0 Å². The van der Waals surface area contributed by atoms with Gasteiger partial charge in [0.2, 0.25) is 17.7 Å². The third kappa shape index (κ3) is 3.52. The molecule has 7 atom stereocenters. The van der Waals surface area contributed by atoms with E-state index in [-0.39, 0.29) is 24.4 Å². The maximum atomic E-state index is 14.3. The SMILES string of the molecule is CNC(=O)[C@@H]1[C@H]2C(=O)N([C@H](CO)c3ccccc3)C(C(=O)NCn3nnc4ccccc43)C23CC(C)[C@@]1(C)O3. The number of rotatable bonds is 7. The highest BCUT2D eigenvalue weighted by molar-refractivity contribution is 5.99. The minimum Gasteiger partial charge on any atom is -0.394 e. The Morgan fingerprint density at radius 2 is 1.87 bits per heavy atom. The molecule has 0 aliphatic carbocycles. The van der Waals surface area contributed by atoms with Crippen LogP contribution >= 0.6 is 0 Å². The van der Waals surface area contributed by atoms with Gasteiger partial charge in [-0.25, -0.2) is 4.68 Å². The maximum absolute atomic E-state index is 14.3. The van der Waals surface area contributed by atoms with Gasteiger partial charge in [-0.3, -0.25) is 14.4 Å². The first-order valence-electron chi connectivity index (χ1n) is 13.2. The fourth-order valence-electron chi connectivity index (χ4n) is 7.18.